The standard InChI is InChI=1S/C36H30ClN/c1-35(2)32-12-8-6-10-28(32)30-21-25(18-20-33(30)35)38(24-15-13-23(37)14-16-24)26-17-19-29-27-9-5-7-11-31(27)36(3,4)34(29)22-26/h5-22H,1-4H3. The van der Waals surface area contributed by atoms with E-state index in [1.54, 1.807) is 0 Å². The number of nitrogens with zero attached hydrogens (tertiary/aromatic N) is 1. The minimum absolute atomic E-state index is 0.0150. The summed E-state index contributed by atoms with van der Waals surface area (Å²) in [6.07, 6.45) is 0. The molecule has 186 valence electrons. The molecule has 5 aromatic carbocycles. The summed E-state index contributed by atoms with van der Waals surface area (Å²) in [6.45, 7) is 9.33. The highest BCUT2D eigenvalue weighted by atomic mass is 35.5. The lowest BCUT2D eigenvalue weighted by Crippen LogP contribution is -2.17. The van der Waals surface area contributed by atoms with Gasteiger partial charge in [0.2, 0.25) is 0 Å². The van der Waals surface area contributed by atoms with Gasteiger partial charge in [0, 0.05) is 32.9 Å². The predicted molar refractivity (Wildman–Crippen MR) is 161 cm³/mol. The van der Waals surface area contributed by atoms with E-state index in [0.717, 1.165) is 22.1 Å². The Morgan fingerprint density at radius 2 is 0.921 bits per heavy atom. The highest BCUT2D eigenvalue weighted by Gasteiger charge is 2.37. The third-order valence-corrected chi connectivity index (χ3v) is 8.99. The number of anilines is 3. The number of hydrogen-bond acceptors (Lipinski definition) is 1. The van der Waals surface area contributed by atoms with Gasteiger partial charge in [-0.15, -0.1) is 0 Å². The second kappa shape index (κ2) is 8.09. The van der Waals surface area contributed by atoms with Crippen molar-refractivity contribution in [2.75, 3.05) is 4.90 Å². The van der Waals surface area contributed by atoms with E-state index < -0.39 is 0 Å². The summed E-state index contributed by atoms with van der Waals surface area (Å²) in [5, 5.41) is 0.740. The van der Waals surface area contributed by atoms with Gasteiger partial charge in [-0.25, -0.2) is 0 Å². The molecule has 0 N–H and O–H groups in total. The molecule has 0 aromatic heterocycles. The SMILES string of the molecule is CC1(C)c2ccccc2-c2cc(N(c3ccc(Cl)cc3)c3ccc4c(c3)C(C)(C)c3ccccc3-4)ccc21. The Kier molecular flexibility index (Phi) is 4.97. The van der Waals surface area contributed by atoms with Crippen molar-refractivity contribution >= 4 is 28.7 Å². The van der Waals surface area contributed by atoms with Crippen LogP contribution in [0.25, 0.3) is 22.3 Å². The minimum Gasteiger partial charge on any atom is -0.310 e. The Morgan fingerprint density at radius 1 is 0.447 bits per heavy atom. The zero-order valence-corrected chi connectivity index (χ0v) is 23.0. The molecule has 0 saturated heterocycles. The predicted octanol–water partition coefficient (Wildman–Crippen LogP) is 10.4. The van der Waals surface area contributed by atoms with E-state index in [1.807, 2.05) is 12.1 Å². The first-order valence-electron chi connectivity index (χ1n) is 13.3. The molecule has 0 aliphatic heterocycles. The Balaban J connectivity index is 1.43. The van der Waals surface area contributed by atoms with Gasteiger partial charge in [-0.2, -0.15) is 0 Å². The van der Waals surface area contributed by atoms with Crippen molar-refractivity contribution in [1.82, 2.24) is 0 Å². The smallest absolute Gasteiger partial charge is 0.0468 e. The van der Waals surface area contributed by atoms with Gasteiger partial charge in [0.25, 0.3) is 0 Å². The van der Waals surface area contributed by atoms with E-state index in [1.165, 1.54) is 44.5 Å². The molecule has 38 heavy (non-hydrogen) atoms. The van der Waals surface area contributed by atoms with E-state index in [9.17, 15) is 0 Å². The molecular weight excluding hydrogens is 482 g/mol. The normalized spacial score (nSPS) is 15.4. The fourth-order valence-corrected chi connectivity index (χ4v) is 6.84. The number of fused-ring (bicyclic) bond motifs is 6. The van der Waals surface area contributed by atoms with Crippen molar-refractivity contribution in [1.29, 1.82) is 0 Å². The first-order valence-corrected chi connectivity index (χ1v) is 13.7. The fourth-order valence-electron chi connectivity index (χ4n) is 6.72. The fraction of sp³-hybridized carbons (Fsp3) is 0.167. The van der Waals surface area contributed by atoms with Crippen LogP contribution < -0.4 is 4.90 Å². The van der Waals surface area contributed by atoms with Crippen LogP contribution in [0.5, 0.6) is 0 Å². The molecule has 0 spiro atoms. The van der Waals surface area contributed by atoms with Gasteiger partial charge in [0.15, 0.2) is 0 Å². The van der Waals surface area contributed by atoms with Crippen LogP contribution in [0.3, 0.4) is 0 Å². The van der Waals surface area contributed by atoms with Gasteiger partial charge in [-0.05, 0) is 93.0 Å². The molecule has 0 radical (unpaired) electrons. The van der Waals surface area contributed by atoms with Crippen LogP contribution >= 0.6 is 11.6 Å². The largest absolute Gasteiger partial charge is 0.310 e. The second-order valence-corrected chi connectivity index (χ2v) is 12.0. The number of halogens is 1. The number of hydrogen-bond donors (Lipinski definition) is 0. The average molecular weight is 512 g/mol. The maximum Gasteiger partial charge on any atom is 0.0468 e. The third-order valence-electron chi connectivity index (χ3n) is 8.74. The minimum atomic E-state index is -0.0610. The molecule has 7 rings (SSSR count). The van der Waals surface area contributed by atoms with Crippen LogP contribution in [0.4, 0.5) is 17.1 Å². The van der Waals surface area contributed by atoms with Gasteiger partial charge >= 0.3 is 0 Å². The zero-order chi connectivity index (χ0) is 26.2. The molecule has 0 bridgehead atoms. The van der Waals surface area contributed by atoms with E-state index in [-0.39, 0.29) is 10.8 Å². The molecule has 1 nitrogen and oxygen atoms in total. The highest BCUT2D eigenvalue weighted by Crippen LogP contribution is 2.52. The number of rotatable bonds is 3. The monoisotopic (exact) mass is 511 g/mol. The van der Waals surface area contributed by atoms with E-state index in [0.29, 0.717) is 0 Å². The zero-order valence-electron chi connectivity index (χ0n) is 22.2. The summed E-state index contributed by atoms with van der Waals surface area (Å²) >= 11 is 6.32. The molecule has 2 aliphatic carbocycles. The Morgan fingerprint density at radius 3 is 1.61 bits per heavy atom. The quantitative estimate of drug-likeness (QED) is 0.233. The van der Waals surface area contributed by atoms with Crippen molar-refractivity contribution in [3.63, 3.8) is 0 Å². The maximum absolute atomic E-state index is 6.32. The van der Waals surface area contributed by atoms with Crippen molar-refractivity contribution in [2.45, 2.75) is 38.5 Å². The van der Waals surface area contributed by atoms with Crippen LogP contribution in [-0.2, 0) is 10.8 Å². The molecule has 2 heteroatoms. The molecule has 5 aromatic rings. The van der Waals surface area contributed by atoms with Crippen LogP contribution in [-0.4, -0.2) is 0 Å². The molecule has 0 heterocycles. The first kappa shape index (κ1) is 23.3. The van der Waals surface area contributed by atoms with Gasteiger partial charge in [0.05, 0.1) is 0 Å². The molecule has 0 amide bonds. The van der Waals surface area contributed by atoms with Crippen molar-refractivity contribution < 1.29 is 0 Å². The maximum atomic E-state index is 6.32. The summed E-state index contributed by atoms with van der Waals surface area (Å²) in [6, 6.07) is 39.7. The molecule has 0 saturated carbocycles. The third kappa shape index (κ3) is 3.25. The lowest BCUT2D eigenvalue weighted by atomic mass is 9.82. The Bertz CT molecular complexity index is 1730. The van der Waals surface area contributed by atoms with Crippen LogP contribution in [0.2, 0.25) is 5.02 Å². The van der Waals surface area contributed by atoms with Crippen molar-refractivity contribution in [3.8, 4) is 22.3 Å². The molecule has 0 unspecified atom stereocenters. The van der Waals surface area contributed by atoms with Crippen molar-refractivity contribution in [2.24, 2.45) is 0 Å². The van der Waals surface area contributed by atoms with E-state index >= 15 is 0 Å². The number of benzene rings is 5. The average Bonchev–Trinajstić information content (AvgIpc) is 3.30. The lowest BCUT2D eigenvalue weighted by Gasteiger charge is -2.29. The Hall–Kier alpha value is -3.81. The van der Waals surface area contributed by atoms with E-state index in [4.69, 9.17) is 11.6 Å². The van der Waals surface area contributed by atoms with E-state index in [2.05, 4.69) is 130 Å². The summed E-state index contributed by atoms with van der Waals surface area (Å²) in [5.74, 6) is 0. The highest BCUT2D eigenvalue weighted by molar-refractivity contribution is 6.30. The van der Waals surface area contributed by atoms with Gasteiger partial charge in [-0.1, -0.05) is 100.0 Å². The summed E-state index contributed by atoms with van der Waals surface area (Å²) in [5.41, 5.74) is 14.1. The van der Waals surface area contributed by atoms with Gasteiger partial charge in [0.1, 0.15) is 0 Å². The summed E-state index contributed by atoms with van der Waals surface area (Å²) in [7, 11) is 0. The van der Waals surface area contributed by atoms with Gasteiger partial charge < -0.3 is 4.90 Å². The Labute approximate surface area is 230 Å². The van der Waals surface area contributed by atoms with Crippen molar-refractivity contribution in [3.05, 3.63) is 136 Å². The topological polar surface area (TPSA) is 3.24 Å². The molecule has 0 atom stereocenters. The summed E-state index contributed by atoms with van der Waals surface area (Å²) in [4.78, 5) is 2.36. The van der Waals surface area contributed by atoms with Crippen LogP contribution in [0.15, 0.2) is 109 Å². The molecular formula is C36H30ClN. The second-order valence-electron chi connectivity index (χ2n) is 11.6. The van der Waals surface area contributed by atoms with Crippen LogP contribution in [0.1, 0.15) is 49.9 Å². The first-order chi connectivity index (χ1) is 18.3. The summed E-state index contributed by atoms with van der Waals surface area (Å²) < 4.78 is 0. The molecule has 0 fully saturated rings. The molecule has 2 aliphatic rings. The lowest BCUT2D eigenvalue weighted by molar-refractivity contribution is 0.660. The van der Waals surface area contributed by atoms with Crippen LogP contribution in [0, 0.1) is 0 Å². The van der Waals surface area contributed by atoms with Gasteiger partial charge in [-0.3, -0.25) is 0 Å².